The molecule has 3 rings (SSSR count). The van der Waals surface area contributed by atoms with Gasteiger partial charge in [-0.2, -0.15) is 0 Å². The Kier molecular flexibility index (Phi) is 4.37. The van der Waals surface area contributed by atoms with Crippen molar-refractivity contribution in [3.8, 4) is 0 Å². The fraction of sp³-hybridized carbons (Fsp3) is 1.00. The van der Waals surface area contributed by atoms with Crippen LogP contribution in [0.2, 0.25) is 0 Å². The quantitative estimate of drug-likeness (QED) is 0.811. The van der Waals surface area contributed by atoms with Crippen molar-refractivity contribution < 1.29 is 5.11 Å². The van der Waals surface area contributed by atoms with E-state index in [-0.39, 0.29) is 12.1 Å². The van der Waals surface area contributed by atoms with Gasteiger partial charge in [0.25, 0.3) is 0 Å². The van der Waals surface area contributed by atoms with Gasteiger partial charge in [-0.25, -0.2) is 0 Å². The van der Waals surface area contributed by atoms with Gasteiger partial charge in [0.1, 0.15) is 0 Å². The lowest BCUT2D eigenvalue weighted by molar-refractivity contribution is -0.00879. The Morgan fingerprint density at radius 1 is 1.20 bits per heavy atom. The van der Waals surface area contributed by atoms with Gasteiger partial charge in [0.05, 0.1) is 6.61 Å². The summed E-state index contributed by atoms with van der Waals surface area (Å²) in [5, 5.41) is 13.1. The summed E-state index contributed by atoms with van der Waals surface area (Å²) in [6.07, 6.45) is 7.63. The van der Waals surface area contributed by atoms with Crippen LogP contribution in [-0.2, 0) is 0 Å². The van der Waals surface area contributed by atoms with Gasteiger partial charge in [0.15, 0.2) is 0 Å². The van der Waals surface area contributed by atoms with E-state index in [0.29, 0.717) is 12.1 Å². The molecule has 3 fully saturated rings. The fourth-order valence-electron chi connectivity index (χ4n) is 4.71. The minimum Gasteiger partial charge on any atom is -0.394 e. The Bertz CT molecular complexity index is 332. The van der Waals surface area contributed by atoms with Crippen LogP contribution in [0.25, 0.3) is 0 Å². The number of aliphatic hydroxyl groups is 1. The number of aliphatic hydroxyl groups excluding tert-OH is 1. The highest BCUT2D eigenvalue weighted by Gasteiger charge is 2.43. The Morgan fingerprint density at radius 3 is 2.75 bits per heavy atom. The standard InChI is InChI=1S/C16H31N3O/c1-13-10-18-8-4-3-5-15(18)11-19(13)14-6-7-16(9-14,12-20)17-2/h13-15,17,20H,3-12H2,1-2H3. The summed E-state index contributed by atoms with van der Waals surface area (Å²) in [4.78, 5) is 5.47. The van der Waals surface area contributed by atoms with Crippen LogP contribution < -0.4 is 5.32 Å². The predicted molar refractivity (Wildman–Crippen MR) is 81.9 cm³/mol. The molecule has 2 saturated heterocycles. The maximum Gasteiger partial charge on any atom is 0.0613 e. The molecule has 2 heterocycles. The summed E-state index contributed by atoms with van der Waals surface area (Å²) in [6.45, 7) is 6.47. The summed E-state index contributed by atoms with van der Waals surface area (Å²) in [6, 6.07) is 2.12. The number of nitrogens with zero attached hydrogens (tertiary/aromatic N) is 2. The normalized spacial score (nSPS) is 43.6. The van der Waals surface area contributed by atoms with Crippen LogP contribution in [0.5, 0.6) is 0 Å². The average molecular weight is 281 g/mol. The predicted octanol–water partition coefficient (Wildman–Crippen LogP) is 1.05. The molecule has 4 unspecified atom stereocenters. The third-order valence-electron chi connectivity index (χ3n) is 6.12. The van der Waals surface area contributed by atoms with E-state index in [4.69, 9.17) is 0 Å². The maximum absolute atomic E-state index is 9.70. The van der Waals surface area contributed by atoms with Gasteiger partial charge in [-0.15, -0.1) is 0 Å². The topological polar surface area (TPSA) is 38.7 Å². The minimum absolute atomic E-state index is 0.0198. The second-order valence-electron chi connectivity index (χ2n) is 7.28. The first-order chi connectivity index (χ1) is 9.67. The number of hydrogen-bond acceptors (Lipinski definition) is 4. The summed E-state index contributed by atoms with van der Waals surface area (Å²) in [7, 11) is 2.00. The molecule has 0 amide bonds. The van der Waals surface area contributed by atoms with Crippen LogP contribution >= 0.6 is 0 Å². The molecule has 0 bridgehead atoms. The third kappa shape index (κ3) is 2.63. The van der Waals surface area contributed by atoms with Crippen molar-refractivity contribution >= 4 is 0 Å². The van der Waals surface area contributed by atoms with E-state index in [1.54, 1.807) is 0 Å². The van der Waals surface area contributed by atoms with Crippen molar-refractivity contribution in [1.29, 1.82) is 0 Å². The number of fused-ring (bicyclic) bond motifs is 1. The first-order valence-electron chi connectivity index (χ1n) is 8.47. The van der Waals surface area contributed by atoms with E-state index in [2.05, 4.69) is 22.0 Å². The molecule has 2 aliphatic heterocycles. The van der Waals surface area contributed by atoms with Crippen molar-refractivity contribution in [2.24, 2.45) is 0 Å². The zero-order valence-corrected chi connectivity index (χ0v) is 13.1. The smallest absolute Gasteiger partial charge is 0.0613 e. The van der Waals surface area contributed by atoms with Crippen molar-refractivity contribution in [2.75, 3.05) is 33.3 Å². The fourth-order valence-corrected chi connectivity index (χ4v) is 4.71. The van der Waals surface area contributed by atoms with E-state index < -0.39 is 0 Å². The lowest BCUT2D eigenvalue weighted by atomic mass is 9.94. The second kappa shape index (κ2) is 5.91. The summed E-state index contributed by atoms with van der Waals surface area (Å²) < 4.78 is 0. The molecule has 1 aliphatic carbocycles. The Hall–Kier alpha value is -0.160. The zero-order valence-electron chi connectivity index (χ0n) is 13.1. The molecule has 0 aromatic heterocycles. The van der Waals surface area contributed by atoms with Crippen LogP contribution in [-0.4, -0.2) is 71.9 Å². The molecule has 4 atom stereocenters. The number of rotatable bonds is 3. The summed E-state index contributed by atoms with van der Waals surface area (Å²) in [5.41, 5.74) is -0.0198. The van der Waals surface area contributed by atoms with Gasteiger partial charge in [-0.05, 0) is 52.6 Å². The second-order valence-corrected chi connectivity index (χ2v) is 7.28. The molecule has 0 aromatic carbocycles. The SMILES string of the molecule is CNC1(CO)CCC(N2CC3CCCCN3CC2C)C1. The molecule has 0 aromatic rings. The van der Waals surface area contributed by atoms with E-state index in [1.807, 2.05) is 7.05 Å². The van der Waals surface area contributed by atoms with Gasteiger partial charge in [-0.3, -0.25) is 9.80 Å². The molecule has 116 valence electrons. The number of nitrogens with one attached hydrogen (secondary N) is 1. The molecule has 4 nitrogen and oxygen atoms in total. The third-order valence-corrected chi connectivity index (χ3v) is 6.12. The van der Waals surface area contributed by atoms with Gasteiger partial charge >= 0.3 is 0 Å². The molecule has 20 heavy (non-hydrogen) atoms. The Morgan fingerprint density at radius 2 is 2.05 bits per heavy atom. The van der Waals surface area contributed by atoms with Gasteiger partial charge in [0, 0.05) is 36.8 Å². The van der Waals surface area contributed by atoms with Crippen LogP contribution in [0.3, 0.4) is 0 Å². The van der Waals surface area contributed by atoms with E-state index in [1.165, 1.54) is 45.3 Å². The van der Waals surface area contributed by atoms with Crippen molar-refractivity contribution in [2.45, 2.75) is 69.1 Å². The number of hydrogen-bond donors (Lipinski definition) is 2. The lowest BCUT2D eigenvalue weighted by Crippen LogP contribution is -2.61. The van der Waals surface area contributed by atoms with Crippen LogP contribution in [0.15, 0.2) is 0 Å². The van der Waals surface area contributed by atoms with Crippen LogP contribution in [0.1, 0.15) is 45.4 Å². The maximum atomic E-state index is 9.70. The number of piperidine rings is 1. The van der Waals surface area contributed by atoms with Gasteiger partial charge in [0.2, 0.25) is 0 Å². The van der Waals surface area contributed by atoms with Crippen molar-refractivity contribution in [1.82, 2.24) is 15.1 Å². The summed E-state index contributed by atoms with van der Waals surface area (Å²) >= 11 is 0. The highest BCUT2D eigenvalue weighted by Crippen LogP contribution is 2.36. The molecular formula is C16H31N3O. The molecule has 3 aliphatic rings. The average Bonchev–Trinajstić information content (AvgIpc) is 2.91. The number of likely N-dealkylation sites (N-methyl/N-ethyl adjacent to an activating group) is 1. The first-order valence-corrected chi connectivity index (χ1v) is 8.47. The van der Waals surface area contributed by atoms with Crippen molar-refractivity contribution in [3.05, 3.63) is 0 Å². The number of piperazine rings is 1. The molecule has 4 heteroatoms. The highest BCUT2D eigenvalue weighted by molar-refractivity contribution is 5.01. The van der Waals surface area contributed by atoms with E-state index in [9.17, 15) is 5.11 Å². The van der Waals surface area contributed by atoms with Crippen molar-refractivity contribution in [3.63, 3.8) is 0 Å². The monoisotopic (exact) mass is 281 g/mol. The van der Waals surface area contributed by atoms with Gasteiger partial charge in [-0.1, -0.05) is 6.42 Å². The van der Waals surface area contributed by atoms with E-state index >= 15 is 0 Å². The molecule has 0 radical (unpaired) electrons. The Labute approximate surface area is 123 Å². The largest absolute Gasteiger partial charge is 0.394 e. The van der Waals surface area contributed by atoms with Crippen LogP contribution in [0.4, 0.5) is 0 Å². The first kappa shape index (κ1) is 14.8. The molecule has 0 spiro atoms. The molecular weight excluding hydrogens is 250 g/mol. The lowest BCUT2D eigenvalue weighted by Gasteiger charge is -2.49. The molecule has 2 N–H and O–H groups in total. The Balaban J connectivity index is 1.65. The summed E-state index contributed by atoms with van der Waals surface area (Å²) in [5.74, 6) is 0. The highest BCUT2D eigenvalue weighted by atomic mass is 16.3. The van der Waals surface area contributed by atoms with E-state index in [0.717, 1.165) is 18.9 Å². The zero-order chi connectivity index (χ0) is 14.2. The van der Waals surface area contributed by atoms with Gasteiger partial charge < -0.3 is 10.4 Å². The van der Waals surface area contributed by atoms with Crippen LogP contribution in [0, 0.1) is 0 Å². The molecule has 1 saturated carbocycles. The minimum atomic E-state index is -0.0198.